The van der Waals surface area contributed by atoms with Crippen LogP contribution in [0.25, 0.3) is 0 Å². The summed E-state index contributed by atoms with van der Waals surface area (Å²) >= 11 is 12.7. The normalized spacial score (nSPS) is 12.9. The third kappa shape index (κ3) is 6.53. The summed E-state index contributed by atoms with van der Waals surface area (Å²) in [6, 6.07) is 2.22. The second-order valence-corrected chi connectivity index (χ2v) is 9.01. The number of rotatable bonds is 9. The third-order valence-electron chi connectivity index (χ3n) is 3.03. The fourth-order valence-electron chi connectivity index (χ4n) is 1.94. The predicted octanol–water partition coefficient (Wildman–Crippen LogP) is 7.85. The summed E-state index contributed by atoms with van der Waals surface area (Å²) in [5, 5.41) is 0. The molecule has 0 bridgehead atoms. The molecule has 104 valence electrons. The topological polar surface area (TPSA) is 0 Å². The fraction of sp³-hybridized carbons (Fsp3) is 0.714. The number of halogens is 3. The van der Waals surface area contributed by atoms with Gasteiger partial charge >= 0.3 is 0 Å². The summed E-state index contributed by atoms with van der Waals surface area (Å²) in [6.45, 7) is 2.27. The van der Waals surface area contributed by atoms with Gasteiger partial charge in [0.05, 0.1) is 3.79 Å². The molecule has 0 aromatic carbocycles. The first-order chi connectivity index (χ1) is 8.65. The van der Waals surface area contributed by atoms with Crippen molar-refractivity contribution in [2.45, 2.75) is 63.1 Å². The van der Waals surface area contributed by atoms with Crippen molar-refractivity contribution in [2.24, 2.45) is 0 Å². The fourth-order valence-corrected chi connectivity index (χ4v) is 4.78. The van der Waals surface area contributed by atoms with E-state index >= 15 is 0 Å². The molecule has 0 radical (unpaired) electrons. The zero-order valence-electron chi connectivity index (χ0n) is 10.9. The van der Waals surface area contributed by atoms with Crippen molar-refractivity contribution in [2.75, 3.05) is 0 Å². The molecule has 0 aliphatic heterocycles. The van der Waals surface area contributed by atoms with Crippen molar-refractivity contribution in [3.63, 3.8) is 0 Å². The highest BCUT2D eigenvalue weighted by Crippen LogP contribution is 2.40. The lowest BCUT2D eigenvalue weighted by Gasteiger charge is -2.07. The molecule has 0 aliphatic rings. The van der Waals surface area contributed by atoms with Crippen molar-refractivity contribution in [3.8, 4) is 0 Å². The Morgan fingerprint density at radius 2 is 1.67 bits per heavy atom. The van der Waals surface area contributed by atoms with Gasteiger partial charge < -0.3 is 0 Å². The summed E-state index contributed by atoms with van der Waals surface area (Å²) in [4.78, 5) is 1.93. The van der Waals surface area contributed by atoms with Gasteiger partial charge in [-0.2, -0.15) is 0 Å². The second kappa shape index (κ2) is 9.95. The third-order valence-corrected chi connectivity index (χ3v) is 7.66. The van der Waals surface area contributed by atoms with Gasteiger partial charge in [0.1, 0.15) is 0 Å². The molecule has 18 heavy (non-hydrogen) atoms. The number of unbranched alkanes of at least 4 members (excludes halogenated alkanes) is 6. The first-order valence-corrected chi connectivity index (χ1v) is 10.1. The molecular formula is C14H21Br3S. The van der Waals surface area contributed by atoms with E-state index in [4.69, 9.17) is 0 Å². The number of thiophene rings is 1. The van der Waals surface area contributed by atoms with Crippen LogP contribution in [0.1, 0.15) is 68.0 Å². The van der Waals surface area contributed by atoms with Gasteiger partial charge in [-0.15, -0.1) is 11.3 Å². The minimum Gasteiger partial charge on any atom is -0.131 e. The summed E-state index contributed by atoms with van der Waals surface area (Å²) in [6.07, 6.45) is 10.9. The number of alkyl halides is 1. The number of hydrogen-bond acceptors (Lipinski definition) is 1. The quantitative estimate of drug-likeness (QED) is 0.260. The maximum atomic E-state index is 3.80. The standard InChI is InChI=1S/C14H21Br3S/c1-2-3-4-5-6-7-8-9-11(15)13-10-12(16)14(17)18-13/h10-11H,2-9H2,1H3. The Bertz CT molecular complexity index is 316. The Morgan fingerprint density at radius 1 is 1.06 bits per heavy atom. The van der Waals surface area contributed by atoms with Crippen LogP contribution in [0.5, 0.6) is 0 Å². The molecule has 0 saturated carbocycles. The molecule has 1 heterocycles. The second-order valence-electron chi connectivity index (χ2n) is 4.65. The van der Waals surface area contributed by atoms with Gasteiger partial charge in [-0.1, -0.05) is 67.8 Å². The van der Waals surface area contributed by atoms with Gasteiger partial charge in [-0.05, 0) is 44.3 Å². The van der Waals surface area contributed by atoms with E-state index in [-0.39, 0.29) is 0 Å². The smallest absolute Gasteiger partial charge is 0.0843 e. The van der Waals surface area contributed by atoms with Crippen LogP contribution in [0, 0.1) is 0 Å². The van der Waals surface area contributed by atoms with Crippen LogP contribution in [0.4, 0.5) is 0 Å². The first kappa shape index (κ1) is 17.2. The zero-order valence-corrected chi connectivity index (χ0v) is 16.4. The largest absolute Gasteiger partial charge is 0.131 e. The Morgan fingerprint density at radius 3 is 2.22 bits per heavy atom. The van der Waals surface area contributed by atoms with E-state index in [0.717, 1.165) is 0 Å². The molecule has 0 amide bonds. The lowest BCUT2D eigenvalue weighted by Crippen LogP contribution is -1.87. The molecule has 0 spiro atoms. The summed E-state index contributed by atoms with van der Waals surface area (Å²) < 4.78 is 2.37. The molecule has 1 rings (SSSR count). The maximum Gasteiger partial charge on any atom is 0.0843 e. The number of hydrogen-bond donors (Lipinski definition) is 0. The van der Waals surface area contributed by atoms with E-state index in [0.29, 0.717) is 4.83 Å². The van der Waals surface area contributed by atoms with Gasteiger partial charge in [-0.25, -0.2) is 0 Å². The van der Waals surface area contributed by atoms with Gasteiger partial charge in [0.25, 0.3) is 0 Å². The minimum atomic E-state index is 0.515. The first-order valence-electron chi connectivity index (χ1n) is 6.74. The molecule has 0 aliphatic carbocycles. The Labute approximate surface area is 140 Å². The van der Waals surface area contributed by atoms with E-state index < -0.39 is 0 Å². The molecule has 1 aromatic heterocycles. The van der Waals surface area contributed by atoms with Crippen LogP contribution in [0.2, 0.25) is 0 Å². The van der Waals surface area contributed by atoms with Crippen molar-refractivity contribution in [3.05, 3.63) is 19.2 Å². The highest BCUT2D eigenvalue weighted by atomic mass is 79.9. The zero-order chi connectivity index (χ0) is 13.4. The summed E-state index contributed by atoms with van der Waals surface area (Å²) in [5.74, 6) is 0. The maximum absolute atomic E-state index is 3.80. The molecule has 0 saturated heterocycles. The van der Waals surface area contributed by atoms with Crippen LogP contribution in [0.15, 0.2) is 14.3 Å². The lowest BCUT2D eigenvalue weighted by atomic mass is 10.1. The lowest BCUT2D eigenvalue weighted by molar-refractivity contribution is 0.575. The van der Waals surface area contributed by atoms with Crippen LogP contribution < -0.4 is 0 Å². The summed E-state index contributed by atoms with van der Waals surface area (Å²) in [5.41, 5.74) is 0. The van der Waals surface area contributed by atoms with Crippen molar-refractivity contribution >= 4 is 59.1 Å². The van der Waals surface area contributed by atoms with Crippen molar-refractivity contribution < 1.29 is 0 Å². The van der Waals surface area contributed by atoms with Crippen molar-refractivity contribution in [1.82, 2.24) is 0 Å². The molecule has 0 fully saturated rings. The highest BCUT2D eigenvalue weighted by molar-refractivity contribution is 9.13. The van der Waals surface area contributed by atoms with Gasteiger partial charge in [0.15, 0.2) is 0 Å². The predicted molar refractivity (Wildman–Crippen MR) is 94.0 cm³/mol. The SMILES string of the molecule is CCCCCCCCCC(Br)c1cc(Br)c(Br)s1. The monoisotopic (exact) mass is 458 g/mol. The average Bonchev–Trinajstić information content (AvgIpc) is 2.68. The van der Waals surface area contributed by atoms with E-state index in [2.05, 4.69) is 60.8 Å². The minimum absolute atomic E-state index is 0.515. The van der Waals surface area contributed by atoms with Crippen LogP contribution >= 0.6 is 59.1 Å². The van der Waals surface area contributed by atoms with Gasteiger partial charge in [-0.3, -0.25) is 0 Å². The van der Waals surface area contributed by atoms with E-state index in [9.17, 15) is 0 Å². The average molecular weight is 461 g/mol. The Kier molecular flexibility index (Phi) is 9.51. The van der Waals surface area contributed by atoms with E-state index in [1.54, 1.807) is 0 Å². The van der Waals surface area contributed by atoms with Crippen LogP contribution in [-0.2, 0) is 0 Å². The van der Waals surface area contributed by atoms with Crippen molar-refractivity contribution in [1.29, 1.82) is 0 Å². The van der Waals surface area contributed by atoms with E-state index in [1.807, 2.05) is 11.3 Å². The van der Waals surface area contributed by atoms with Crippen LogP contribution in [0.3, 0.4) is 0 Å². The molecule has 1 aromatic rings. The molecule has 1 atom stereocenters. The molecule has 0 N–H and O–H groups in total. The van der Waals surface area contributed by atoms with Gasteiger partial charge in [0.2, 0.25) is 0 Å². The van der Waals surface area contributed by atoms with Gasteiger partial charge in [0, 0.05) is 14.2 Å². The highest BCUT2D eigenvalue weighted by Gasteiger charge is 2.12. The Balaban J connectivity index is 2.12. The molecule has 1 unspecified atom stereocenters. The van der Waals surface area contributed by atoms with E-state index in [1.165, 1.54) is 64.5 Å². The molecular weight excluding hydrogens is 440 g/mol. The summed E-state index contributed by atoms with van der Waals surface area (Å²) in [7, 11) is 0. The Hall–Kier alpha value is 1.14. The van der Waals surface area contributed by atoms with Crippen LogP contribution in [-0.4, -0.2) is 0 Å². The molecule has 0 nitrogen and oxygen atoms in total. The molecule has 4 heteroatoms.